The second-order valence-electron chi connectivity index (χ2n) is 6.41. The third-order valence-corrected chi connectivity index (χ3v) is 4.96. The van der Waals surface area contributed by atoms with Crippen LogP contribution in [0.2, 0.25) is 0 Å². The van der Waals surface area contributed by atoms with Gasteiger partial charge in [0.25, 0.3) is 5.91 Å². The number of methoxy groups -OCH3 is 1. The van der Waals surface area contributed by atoms with E-state index in [9.17, 15) is 14.7 Å². The normalized spacial score (nSPS) is 19.7. The van der Waals surface area contributed by atoms with E-state index in [4.69, 9.17) is 4.74 Å². The number of hydrogen-bond acceptors (Lipinski definition) is 3. The van der Waals surface area contributed by atoms with Gasteiger partial charge >= 0.3 is 5.97 Å². The van der Waals surface area contributed by atoms with Crippen LogP contribution in [0.5, 0.6) is 5.75 Å². The van der Waals surface area contributed by atoms with Gasteiger partial charge in [0.05, 0.1) is 7.11 Å². The van der Waals surface area contributed by atoms with Gasteiger partial charge in [-0.1, -0.05) is 30.3 Å². The molecule has 0 bridgehead atoms. The molecule has 1 aliphatic heterocycles. The van der Waals surface area contributed by atoms with Crippen molar-refractivity contribution >= 4 is 11.9 Å². The predicted molar refractivity (Wildman–Crippen MR) is 94.0 cm³/mol. The van der Waals surface area contributed by atoms with Gasteiger partial charge in [-0.2, -0.15) is 0 Å². The number of aliphatic carboxylic acids is 1. The number of rotatable bonds is 4. The second-order valence-corrected chi connectivity index (χ2v) is 6.41. The Morgan fingerprint density at radius 1 is 1.16 bits per heavy atom. The van der Waals surface area contributed by atoms with Crippen molar-refractivity contribution < 1.29 is 19.4 Å². The first kappa shape index (κ1) is 17.0. The molecular weight excluding hydrogens is 318 g/mol. The SMILES string of the molecule is COc1ccc(C(=O)N2CCC(C(=O)O)(c3ccccc3)C2)c(C)c1. The average molecular weight is 339 g/mol. The number of aryl methyl sites for hydroxylation is 1. The maximum absolute atomic E-state index is 12.9. The van der Waals surface area contributed by atoms with Gasteiger partial charge in [0, 0.05) is 18.7 Å². The molecule has 1 fully saturated rings. The van der Waals surface area contributed by atoms with Crippen LogP contribution in [0, 0.1) is 6.92 Å². The smallest absolute Gasteiger partial charge is 0.316 e. The zero-order valence-electron chi connectivity index (χ0n) is 14.4. The van der Waals surface area contributed by atoms with Gasteiger partial charge in [0.1, 0.15) is 11.2 Å². The van der Waals surface area contributed by atoms with Gasteiger partial charge in [0.2, 0.25) is 0 Å². The van der Waals surface area contributed by atoms with Crippen LogP contribution in [-0.4, -0.2) is 42.1 Å². The van der Waals surface area contributed by atoms with E-state index in [2.05, 4.69) is 0 Å². The first-order valence-corrected chi connectivity index (χ1v) is 8.21. The van der Waals surface area contributed by atoms with E-state index in [1.165, 1.54) is 0 Å². The number of carboxylic acid groups (broad SMARTS) is 1. The average Bonchev–Trinajstić information content (AvgIpc) is 3.08. The van der Waals surface area contributed by atoms with E-state index in [-0.39, 0.29) is 12.5 Å². The molecule has 2 aromatic rings. The summed E-state index contributed by atoms with van der Waals surface area (Å²) in [6, 6.07) is 14.5. The summed E-state index contributed by atoms with van der Waals surface area (Å²) in [6.45, 7) is 2.45. The number of carbonyl (C=O) groups excluding carboxylic acids is 1. The predicted octanol–water partition coefficient (Wildman–Crippen LogP) is 2.87. The van der Waals surface area contributed by atoms with Crippen molar-refractivity contribution in [3.63, 3.8) is 0 Å². The molecule has 0 radical (unpaired) electrons. The first-order valence-electron chi connectivity index (χ1n) is 8.21. The summed E-state index contributed by atoms with van der Waals surface area (Å²) in [4.78, 5) is 26.6. The Hall–Kier alpha value is -2.82. The highest BCUT2D eigenvalue weighted by Crippen LogP contribution is 2.36. The minimum absolute atomic E-state index is 0.140. The van der Waals surface area contributed by atoms with Crippen molar-refractivity contribution in [1.29, 1.82) is 0 Å². The van der Waals surface area contributed by atoms with Gasteiger partial charge in [-0.3, -0.25) is 9.59 Å². The van der Waals surface area contributed by atoms with Crippen molar-refractivity contribution in [3.8, 4) is 5.75 Å². The van der Waals surface area contributed by atoms with E-state index in [0.29, 0.717) is 24.3 Å². The summed E-state index contributed by atoms with van der Waals surface area (Å²) in [7, 11) is 1.58. The molecule has 130 valence electrons. The van der Waals surface area contributed by atoms with Crippen molar-refractivity contribution in [1.82, 2.24) is 4.90 Å². The van der Waals surface area contributed by atoms with Crippen molar-refractivity contribution in [3.05, 3.63) is 65.2 Å². The van der Waals surface area contributed by atoms with E-state index in [1.807, 2.05) is 43.3 Å². The highest BCUT2D eigenvalue weighted by atomic mass is 16.5. The topological polar surface area (TPSA) is 66.8 Å². The van der Waals surface area contributed by atoms with Gasteiger partial charge < -0.3 is 14.7 Å². The molecule has 3 rings (SSSR count). The number of likely N-dealkylation sites (tertiary alicyclic amines) is 1. The van der Waals surface area contributed by atoms with Crippen molar-refractivity contribution in [2.45, 2.75) is 18.8 Å². The molecule has 1 unspecified atom stereocenters. The van der Waals surface area contributed by atoms with E-state index >= 15 is 0 Å². The largest absolute Gasteiger partial charge is 0.497 e. The maximum Gasteiger partial charge on any atom is 0.316 e. The number of hydrogen-bond donors (Lipinski definition) is 1. The number of carbonyl (C=O) groups is 2. The summed E-state index contributed by atoms with van der Waals surface area (Å²) in [5, 5.41) is 9.86. The molecule has 1 N–H and O–H groups in total. The number of amides is 1. The van der Waals surface area contributed by atoms with E-state index in [1.54, 1.807) is 24.1 Å². The molecule has 1 saturated heterocycles. The molecule has 0 aromatic heterocycles. The Labute approximate surface area is 146 Å². The molecule has 0 spiro atoms. The molecule has 5 nitrogen and oxygen atoms in total. The number of nitrogens with zero attached hydrogens (tertiary/aromatic N) is 1. The molecule has 1 amide bonds. The van der Waals surface area contributed by atoms with Crippen molar-refractivity contribution in [2.24, 2.45) is 0 Å². The third-order valence-electron chi connectivity index (χ3n) is 4.96. The van der Waals surface area contributed by atoms with E-state index in [0.717, 1.165) is 11.1 Å². The van der Waals surface area contributed by atoms with Crippen LogP contribution in [0.25, 0.3) is 0 Å². The molecule has 1 heterocycles. The number of benzene rings is 2. The summed E-state index contributed by atoms with van der Waals surface area (Å²) < 4.78 is 5.17. The fourth-order valence-electron chi connectivity index (χ4n) is 3.45. The summed E-state index contributed by atoms with van der Waals surface area (Å²) in [6.07, 6.45) is 0.410. The van der Waals surface area contributed by atoms with Crippen LogP contribution in [0.1, 0.15) is 27.9 Å². The highest BCUT2D eigenvalue weighted by Gasteiger charge is 2.47. The number of ether oxygens (including phenoxy) is 1. The maximum atomic E-state index is 12.9. The van der Waals surface area contributed by atoms with Crippen LogP contribution in [0.3, 0.4) is 0 Å². The summed E-state index contributed by atoms with van der Waals surface area (Å²) in [5.41, 5.74) is 1.09. The Morgan fingerprint density at radius 3 is 2.48 bits per heavy atom. The zero-order chi connectivity index (χ0) is 18.0. The van der Waals surface area contributed by atoms with Crippen LogP contribution < -0.4 is 4.74 Å². The van der Waals surface area contributed by atoms with Crippen molar-refractivity contribution in [2.75, 3.05) is 20.2 Å². The summed E-state index contributed by atoms with van der Waals surface area (Å²) in [5.74, 6) is -0.334. The van der Waals surface area contributed by atoms with Gasteiger partial charge in [-0.15, -0.1) is 0 Å². The second kappa shape index (κ2) is 6.59. The van der Waals surface area contributed by atoms with E-state index < -0.39 is 11.4 Å². The van der Waals surface area contributed by atoms with Crippen LogP contribution in [0.15, 0.2) is 48.5 Å². The van der Waals surface area contributed by atoms with Crippen LogP contribution in [0.4, 0.5) is 0 Å². The Balaban J connectivity index is 1.88. The first-order chi connectivity index (χ1) is 12.0. The van der Waals surface area contributed by atoms with Gasteiger partial charge in [-0.25, -0.2) is 0 Å². The Kier molecular flexibility index (Phi) is 4.49. The molecular formula is C20H21NO4. The fraction of sp³-hybridized carbons (Fsp3) is 0.300. The minimum Gasteiger partial charge on any atom is -0.497 e. The molecule has 0 aliphatic carbocycles. The molecule has 0 saturated carbocycles. The standard InChI is InChI=1S/C20H21NO4/c1-14-12-16(25-2)8-9-17(14)18(22)21-11-10-20(13-21,19(23)24)15-6-4-3-5-7-15/h3-9,12H,10-11,13H2,1-2H3,(H,23,24). The Morgan fingerprint density at radius 2 is 1.88 bits per heavy atom. The van der Waals surface area contributed by atoms with Crippen LogP contribution in [-0.2, 0) is 10.2 Å². The van der Waals surface area contributed by atoms with Crippen LogP contribution >= 0.6 is 0 Å². The molecule has 1 atom stereocenters. The number of carboxylic acids is 1. The summed E-state index contributed by atoms with van der Waals surface area (Å²) >= 11 is 0. The zero-order valence-corrected chi connectivity index (χ0v) is 14.4. The minimum atomic E-state index is -1.04. The lowest BCUT2D eigenvalue weighted by Gasteiger charge is -2.25. The van der Waals surface area contributed by atoms with Gasteiger partial charge in [-0.05, 0) is 42.7 Å². The quantitative estimate of drug-likeness (QED) is 0.930. The molecule has 2 aromatic carbocycles. The molecule has 5 heteroatoms. The Bertz CT molecular complexity index is 803. The molecule has 1 aliphatic rings. The lowest BCUT2D eigenvalue weighted by Crippen LogP contribution is -2.40. The highest BCUT2D eigenvalue weighted by molar-refractivity contribution is 5.97. The monoisotopic (exact) mass is 339 g/mol. The van der Waals surface area contributed by atoms with Gasteiger partial charge in [0.15, 0.2) is 0 Å². The lowest BCUT2D eigenvalue weighted by molar-refractivity contribution is -0.143. The lowest BCUT2D eigenvalue weighted by atomic mass is 9.80. The molecule has 25 heavy (non-hydrogen) atoms. The fourth-order valence-corrected chi connectivity index (χ4v) is 3.45. The third kappa shape index (κ3) is 2.97.